The van der Waals surface area contributed by atoms with Crippen LogP contribution in [0.15, 0.2) is 48.7 Å². The molecule has 6 nitrogen and oxygen atoms in total. The van der Waals surface area contributed by atoms with E-state index in [0.717, 1.165) is 29.7 Å². The maximum Gasteiger partial charge on any atom is 0.255 e. The summed E-state index contributed by atoms with van der Waals surface area (Å²) in [6.45, 7) is 3.12. The van der Waals surface area contributed by atoms with Gasteiger partial charge < -0.3 is 4.90 Å². The molecule has 0 spiro atoms. The standard InChI is InChI=1S/C22H20FN5O/c1-14-18(12-16-5-6-17(23)13-19(16)24-14)22(29)27-10-7-15(8-11-27)21-26-25-20-4-2-3-9-28(20)21/h2-6,9,12-13,15H,7-8,10-11H2,1H3. The van der Waals surface area contributed by atoms with Crippen LogP contribution in [0.1, 0.15) is 40.6 Å². The predicted octanol–water partition coefficient (Wildman–Crippen LogP) is 3.74. The van der Waals surface area contributed by atoms with Gasteiger partial charge in [0.1, 0.15) is 11.6 Å². The first-order chi connectivity index (χ1) is 14.1. The molecule has 0 bridgehead atoms. The van der Waals surface area contributed by atoms with Gasteiger partial charge in [0.25, 0.3) is 5.91 Å². The Hall–Kier alpha value is -3.35. The molecule has 4 aromatic rings. The van der Waals surface area contributed by atoms with E-state index < -0.39 is 0 Å². The molecule has 5 rings (SSSR count). The third-order valence-electron chi connectivity index (χ3n) is 5.69. The van der Waals surface area contributed by atoms with Crippen molar-refractivity contribution in [1.29, 1.82) is 0 Å². The van der Waals surface area contributed by atoms with Crippen LogP contribution in [0.2, 0.25) is 0 Å². The first-order valence-electron chi connectivity index (χ1n) is 9.76. The molecule has 0 radical (unpaired) electrons. The highest BCUT2D eigenvalue weighted by atomic mass is 19.1. The van der Waals surface area contributed by atoms with Gasteiger partial charge in [-0.1, -0.05) is 6.07 Å². The van der Waals surface area contributed by atoms with E-state index in [1.54, 1.807) is 13.0 Å². The van der Waals surface area contributed by atoms with Crippen LogP contribution in [-0.4, -0.2) is 43.5 Å². The molecule has 1 fully saturated rings. The smallest absolute Gasteiger partial charge is 0.255 e. The molecule has 0 atom stereocenters. The number of likely N-dealkylation sites (tertiary alicyclic amines) is 1. The molecule has 146 valence electrons. The molecule has 0 saturated carbocycles. The molecule has 0 N–H and O–H groups in total. The zero-order valence-electron chi connectivity index (χ0n) is 16.0. The van der Waals surface area contributed by atoms with E-state index >= 15 is 0 Å². The number of aromatic nitrogens is 4. The number of nitrogens with zero attached hydrogens (tertiary/aromatic N) is 5. The number of halogens is 1. The summed E-state index contributed by atoms with van der Waals surface area (Å²) in [7, 11) is 0. The number of fused-ring (bicyclic) bond motifs is 2. The number of piperidine rings is 1. The Kier molecular flexibility index (Phi) is 4.23. The Balaban J connectivity index is 1.35. The van der Waals surface area contributed by atoms with Gasteiger partial charge in [-0.25, -0.2) is 4.39 Å². The first-order valence-corrected chi connectivity index (χ1v) is 9.76. The highest BCUT2D eigenvalue weighted by Gasteiger charge is 2.28. The zero-order chi connectivity index (χ0) is 20.0. The summed E-state index contributed by atoms with van der Waals surface area (Å²) in [6.07, 6.45) is 3.66. The van der Waals surface area contributed by atoms with Crippen molar-refractivity contribution >= 4 is 22.5 Å². The van der Waals surface area contributed by atoms with E-state index in [1.165, 1.54) is 12.1 Å². The van der Waals surface area contributed by atoms with E-state index in [-0.39, 0.29) is 17.6 Å². The van der Waals surface area contributed by atoms with Gasteiger partial charge in [-0.3, -0.25) is 14.2 Å². The van der Waals surface area contributed by atoms with Crippen LogP contribution in [0, 0.1) is 12.7 Å². The normalized spacial score (nSPS) is 15.3. The van der Waals surface area contributed by atoms with Crippen LogP contribution >= 0.6 is 0 Å². The van der Waals surface area contributed by atoms with Crippen LogP contribution in [0.4, 0.5) is 4.39 Å². The topological polar surface area (TPSA) is 63.4 Å². The Labute approximate surface area is 167 Å². The van der Waals surface area contributed by atoms with Gasteiger partial charge in [-0.15, -0.1) is 10.2 Å². The van der Waals surface area contributed by atoms with Gasteiger partial charge in [0.2, 0.25) is 0 Å². The number of carbonyl (C=O) groups is 1. The molecule has 1 aliphatic rings. The number of pyridine rings is 2. The van der Waals surface area contributed by atoms with Gasteiger partial charge in [0.05, 0.1) is 16.8 Å². The highest BCUT2D eigenvalue weighted by Crippen LogP contribution is 2.28. The van der Waals surface area contributed by atoms with Gasteiger partial charge in [-0.2, -0.15) is 0 Å². The molecule has 29 heavy (non-hydrogen) atoms. The van der Waals surface area contributed by atoms with E-state index in [2.05, 4.69) is 15.2 Å². The van der Waals surface area contributed by atoms with Gasteiger partial charge in [0.15, 0.2) is 5.65 Å². The largest absolute Gasteiger partial charge is 0.339 e. The number of hydrogen-bond donors (Lipinski definition) is 0. The summed E-state index contributed by atoms with van der Waals surface area (Å²) in [5.74, 6) is 0.880. The first kappa shape index (κ1) is 17.7. The van der Waals surface area contributed by atoms with Gasteiger partial charge in [0, 0.05) is 36.7 Å². The lowest BCUT2D eigenvalue weighted by atomic mass is 9.95. The minimum Gasteiger partial charge on any atom is -0.339 e. The quantitative estimate of drug-likeness (QED) is 0.524. The number of aryl methyl sites for hydroxylation is 1. The number of amides is 1. The van der Waals surface area contributed by atoms with Crippen molar-refractivity contribution in [1.82, 2.24) is 24.5 Å². The van der Waals surface area contributed by atoms with Crippen molar-refractivity contribution in [3.8, 4) is 0 Å². The Morgan fingerprint density at radius 2 is 1.93 bits per heavy atom. The molecule has 0 unspecified atom stereocenters. The second kappa shape index (κ2) is 6.92. The summed E-state index contributed by atoms with van der Waals surface area (Å²) >= 11 is 0. The molecule has 4 heterocycles. The molecular formula is C22H20FN5O. The van der Waals surface area contributed by atoms with Crippen molar-refractivity contribution in [3.05, 3.63) is 71.6 Å². The molecule has 1 aliphatic heterocycles. The summed E-state index contributed by atoms with van der Waals surface area (Å²) in [6, 6.07) is 12.1. The molecular weight excluding hydrogens is 369 g/mol. The van der Waals surface area contributed by atoms with E-state index in [9.17, 15) is 9.18 Å². The number of rotatable bonds is 2. The lowest BCUT2D eigenvalue weighted by Gasteiger charge is -2.31. The summed E-state index contributed by atoms with van der Waals surface area (Å²) in [5.41, 5.74) is 2.61. The second-order valence-corrected chi connectivity index (χ2v) is 7.51. The average Bonchev–Trinajstić information content (AvgIpc) is 3.17. The third-order valence-corrected chi connectivity index (χ3v) is 5.69. The van der Waals surface area contributed by atoms with Crippen molar-refractivity contribution < 1.29 is 9.18 Å². The average molecular weight is 389 g/mol. The summed E-state index contributed by atoms with van der Waals surface area (Å²) in [5, 5.41) is 9.38. The SMILES string of the molecule is Cc1nc2cc(F)ccc2cc1C(=O)N1CCC(c2nnc3ccccn23)CC1. The molecule has 1 saturated heterocycles. The van der Waals surface area contributed by atoms with Crippen LogP contribution < -0.4 is 0 Å². The molecule has 7 heteroatoms. The highest BCUT2D eigenvalue weighted by molar-refractivity contribution is 5.98. The Morgan fingerprint density at radius 1 is 1.10 bits per heavy atom. The monoisotopic (exact) mass is 389 g/mol. The van der Waals surface area contributed by atoms with Crippen LogP contribution in [-0.2, 0) is 0 Å². The van der Waals surface area contributed by atoms with E-state index in [4.69, 9.17) is 0 Å². The molecule has 0 aliphatic carbocycles. The fraction of sp³-hybridized carbons (Fsp3) is 0.273. The summed E-state index contributed by atoms with van der Waals surface area (Å²) in [4.78, 5) is 19.4. The third kappa shape index (κ3) is 3.12. The second-order valence-electron chi connectivity index (χ2n) is 7.51. The van der Waals surface area contributed by atoms with Crippen LogP contribution in [0.3, 0.4) is 0 Å². The Bertz CT molecular complexity index is 1230. The van der Waals surface area contributed by atoms with E-state index in [1.807, 2.05) is 39.8 Å². The number of carbonyl (C=O) groups excluding carboxylic acids is 1. The van der Waals surface area contributed by atoms with Crippen LogP contribution in [0.25, 0.3) is 16.6 Å². The minimum absolute atomic E-state index is 0.0224. The van der Waals surface area contributed by atoms with Gasteiger partial charge >= 0.3 is 0 Å². The fourth-order valence-electron chi connectivity index (χ4n) is 4.10. The van der Waals surface area contributed by atoms with Crippen LogP contribution in [0.5, 0.6) is 0 Å². The minimum atomic E-state index is -0.327. The van der Waals surface area contributed by atoms with Crippen molar-refractivity contribution in [2.24, 2.45) is 0 Å². The predicted molar refractivity (Wildman–Crippen MR) is 107 cm³/mol. The molecule has 3 aromatic heterocycles. The lowest BCUT2D eigenvalue weighted by molar-refractivity contribution is 0.0710. The Morgan fingerprint density at radius 3 is 2.76 bits per heavy atom. The number of hydrogen-bond acceptors (Lipinski definition) is 4. The van der Waals surface area contributed by atoms with Crippen molar-refractivity contribution in [3.63, 3.8) is 0 Å². The maximum atomic E-state index is 13.4. The lowest BCUT2D eigenvalue weighted by Crippen LogP contribution is -2.38. The number of benzene rings is 1. The molecule has 1 aromatic carbocycles. The fourth-order valence-corrected chi connectivity index (χ4v) is 4.10. The zero-order valence-corrected chi connectivity index (χ0v) is 16.0. The molecule has 1 amide bonds. The van der Waals surface area contributed by atoms with E-state index in [0.29, 0.717) is 29.9 Å². The van der Waals surface area contributed by atoms with Crippen molar-refractivity contribution in [2.45, 2.75) is 25.7 Å². The maximum absolute atomic E-state index is 13.4. The van der Waals surface area contributed by atoms with Crippen molar-refractivity contribution in [2.75, 3.05) is 13.1 Å². The van der Waals surface area contributed by atoms with Gasteiger partial charge in [-0.05, 0) is 50.1 Å². The summed E-state index contributed by atoms with van der Waals surface area (Å²) < 4.78 is 15.5.